The van der Waals surface area contributed by atoms with E-state index in [9.17, 15) is 22.8 Å². The molecule has 1 aromatic rings. The van der Waals surface area contributed by atoms with E-state index in [0.717, 1.165) is 12.1 Å². The van der Waals surface area contributed by atoms with Gasteiger partial charge in [-0.1, -0.05) is 6.07 Å². The normalized spacial score (nSPS) is 16.7. The second-order valence-corrected chi connectivity index (χ2v) is 5.78. The largest absolute Gasteiger partial charge is 0.416 e. The molecule has 0 radical (unpaired) electrons. The van der Waals surface area contributed by atoms with Gasteiger partial charge in [0.05, 0.1) is 5.56 Å². The van der Waals surface area contributed by atoms with Crippen molar-refractivity contribution in [3.63, 3.8) is 0 Å². The van der Waals surface area contributed by atoms with Crippen LogP contribution >= 0.6 is 0 Å². The molecule has 5 nitrogen and oxygen atoms in total. The third kappa shape index (κ3) is 4.39. The molecular formula is C16H20F3N3O2. The van der Waals surface area contributed by atoms with Gasteiger partial charge in [-0.15, -0.1) is 0 Å². The van der Waals surface area contributed by atoms with Crippen molar-refractivity contribution in [3.05, 3.63) is 29.8 Å². The molecular weight excluding hydrogens is 323 g/mol. The first-order valence-electron chi connectivity index (χ1n) is 7.66. The zero-order chi connectivity index (χ0) is 17.9. The predicted molar refractivity (Wildman–Crippen MR) is 83.5 cm³/mol. The highest BCUT2D eigenvalue weighted by Crippen LogP contribution is 2.31. The lowest BCUT2D eigenvalue weighted by atomic mass is 10.1. The number of halogens is 3. The van der Waals surface area contributed by atoms with Crippen molar-refractivity contribution >= 4 is 17.5 Å². The van der Waals surface area contributed by atoms with Crippen LogP contribution in [0.3, 0.4) is 0 Å². The molecule has 2 rings (SSSR count). The molecule has 1 fully saturated rings. The molecule has 8 heteroatoms. The summed E-state index contributed by atoms with van der Waals surface area (Å²) < 4.78 is 38.4. The number of nitrogens with one attached hydrogen (secondary N) is 1. The molecule has 1 aliphatic rings. The highest BCUT2D eigenvalue weighted by molar-refractivity contribution is 5.86. The molecule has 0 bridgehead atoms. The third-order valence-corrected chi connectivity index (χ3v) is 3.92. The van der Waals surface area contributed by atoms with Gasteiger partial charge in [0.2, 0.25) is 11.8 Å². The molecule has 2 amide bonds. The number of rotatable bonds is 3. The average molecular weight is 343 g/mol. The van der Waals surface area contributed by atoms with Gasteiger partial charge in [0.1, 0.15) is 6.04 Å². The summed E-state index contributed by atoms with van der Waals surface area (Å²) in [4.78, 5) is 26.7. The van der Waals surface area contributed by atoms with Crippen LogP contribution in [0.15, 0.2) is 24.3 Å². The highest BCUT2D eigenvalue weighted by Gasteiger charge is 2.31. The van der Waals surface area contributed by atoms with E-state index >= 15 is 0 Å². The second kappa shape index (κ2) is 7.11. The van der Waals surface area contributed by atoms with Gasteiger partial charge in [-0.2, -0.15) is 13.2 Å². The molecule has 0 saturated carbocycles. The first-order valence-corrected chi connectivity index (χ1v) is 7.66. The van der Waals surface area contributed by atoms with Gasteiger partial charge in [-0.05, 0) is 25.1 Å². The third-order valence-electron chi connectivity index (χ3n) is 3.92. The Balaban J connectivity index is 1.98. The second-order valence-electron chi connectivity index (χ2n) is 5.78. The zero-order valence-electron chi connectivity index (χ0n) is 13.6. The molecule has 132 valence electrons. The van der Waals surface area contributed by atoms with Crippen LogP contribution in [0.5, 0.6) is 0 Å². The quantitative estimate of drug-likeness (QED) is 0.912. The van der Waals surface area contributed by atoms with Crippen LogP contribution in [0.4, 0.5) is 18.9 Å². The maximum Gasteiger partial charge on any atom is 0.416 e. The Kier molecular flexibility index (Phi) is 5.36. The summed E-state index contributed by atoms with van der Waals surface area (Å²) in [5, 5.41) is 2.54. The van der Waals surface area contributed by atoms with E-state index in [-0.39, 0.29) is 11.8 Å². The van der Waals surface area contributed by atoms with E-state index in [1.165, 1.54) is 13.0 Å². The van der Waals surface area contributed by atoms with Gasteiger partial charge in [0.15, 0.2) is 0 Å². The average Bonchev–Trinajstić information content (AvgIpc) is 2.53. The first-order chi connectivity index (χ1) is 11.2. The zero-order valence-corrected chi connectivity index (χ0v) is 13.6. The number of carbonyl (C=O) groups is 2. The fourth-order valence-electron chi connectivity index (χ4n) is 2.70. The van der Waals surface area contributed by atoms with Crippen LogP contribution in [0.25, 0.3) is 0 Å². The lowest BCUT2D eigenvalue weighted by Crippen LogP contribution is -2.54. The molecule has 1 aromatic carbocycles. The van der Waals surface area contributed by atoms with Crippen molar-refractivity contribution in [3.8, 4) is 0 Å². The Morgan fingerprint density at radius 1 is 1.17 bits per heavy atom. The summed E-state index contributed by atoms with van der Waals surface area (Å²) in [6.07, 6.45) is -4.37. The molecule has 1 N–H and O–H groups in total. The summed E-state index contributed by atoms with van der Waals surface area (Å²) in [5.74, 6) is -0.465. The molecule has 1 saturated heterocycles. The fourth-order valence-corrected chi connectivity index (χ4v) is 2.70. The van der Waals surface area contributed by atoms with Crippen molar-refractivity contribution in [2.75, 3.05) is 31.1 Å². The maximum atomic E-state index is 12.8. The van der Waals surface area contributed by atoms with Crippen molar-refractivity contribution in [2.45, 2.75) is 26.1 Å². The van der Waals surface area contributed by atoms with E-state index < -0.39 is 17.8 Å². The number of carbonyl (C=O) groups excluding carboxylic acids is 2. The Bertz CT molecular complexity index is 611. The summed E-state index contributed by atoms with van der Waals surface area (Å²) in [6, 6.07) is 4.57. The lowest BCUT2D eigenvalue weighted by molar-refractivity contribution is -0.137. The number of amides is 2. The summed E-state index contributed by atoms with van der Waals surface area (Å²) in [6.45, 7) is 4.65. The van der Waals surface area contributed by atoms with E-state index in [1.54, 1.807) is 17.9 Å². The summed E-state index contributed by atoms with van der Waals surface area (Å²) >= 11 is 0. The maximum absolute atomic E-state index is 12.8. The van der Waals surface area contributed by atoms with Crippen LogP contribution in [0, 0.1) is 0 Å². The number of piperazine rings is 1. The molecule has 1 atom stereocenters. The molecule has 0 aliphatic carbocycles. The Morgan fingerprint density at radius 2 is 1.79 bits per heavy atom. The molecule has 0 aromatic heterocycles. The van der Waals surface area contributed by atoms with E-state index in [4.69, 9.17) is 0 Å². The van der Waals surface area contributed by atoms with E-state index in [2.05, 4.69) is 5.32 Å². The minimum Gasteiger partial charge on any atom is -0.368 e. The number of benzene rings is 1. The van der Waals surface area contributed by atoms with Crippen LogP contribution < -0.4 is 10.2 Å². The SMILES string of the molecule is CC(=O)NC(C)C(=O)N1CCN(c2cccc(C(F)(F)F)c2)CC1. The predicted octanol–water partition coefficient (Wildman–Crippen LogP) is 1.88. The van der Waals surface area contributed by atoms with E-state index in [1.807, 2.05) is 4.90 Å². The number of nitrogens with zero attached hydrogens (tertiary/aromatic N) is 2. The minimum atomic E-state index is -4.37. The van der Waals surface area contributed by atoms with Gasteiger partial charge in [0, 0.05) is 38.8 Å². The van der Waals surface area contributed by atoms with Crippen molar-refractivity contribution in [1.82, 2.24) is 10.2 Å². The van der Waals surface area contributed by atoms with Crippen molar-refractivity contribution < 1.29 is 22.8 Å². The van der Waals surface area contributed by atoms with Gasteiger partial charge in [-0.25, -0.2) is 0 Å². The Morgan fingerprint density at radius 3 is 2.33 bits per heavy atom. The Labute approximate surface area is 138 Å². The van der Waals surface area contributed by atoms with Crippen LogP contribution in [-0.2, 0) is 15.8 Å². The number of anilines is 1. The molecule has 1 aliphatic heterocycles. The van der Waals surface area contributed by atoms with Gasteiger partial charge in [-0.3, -0.25) is 9.59 Å². The van der Waals surface area contributed by atoms with Crippen LogP contribution in [-0.4, -0.2) is 48.9 Å². The molecule has 1 unspecified atom stereocenters. The highest BCUT2D eigenvalue weighted by atomic mass is 19.4. The monoisotopic (exact) mass is 343 g/mol. The number of hydrogen-bond donors (Lipinski definition) is 1. The number of alkyl halides is 3. The first kappa shape index (κ1) is 18.1. The standard InChI is InChI=1S/C16H20F3N3O2/c1-11(20-12(2)23)15(24)22-8-6-21(7-9-22)14-5-3-4-13(10-14)16(17,18)19/h3-5,10-11H,6-9H2,1-2H3,(H,20,23). The topological polar surface area (TPSA) is 52.7 Å². The lowest BCUT2D eigenvalue weighted by Gasteiger charge is -2.37. The van der Waals surface area contributed by atoms with Gasteiger partial charge in [0.25, 0.3) is 0 Å². The van der Waals surface area contributed by atoms with Gasteiger partial charge >= 0.3 is 6.18 Å². The van der Waals surface area contributed by atoms with E-state index in [0.29, 0.717) is 31.9 Å². The Hall–Kier alpha value is -2.25. The molecule has 1 heterocycles. The van der Waals surface area contributed by atoms with Crippen LogP contribution in [0.2, 0.25) is 0 Å². The molecule has 0 spiro atoms. The summed E-state index contributed by atoms with van der Waals surface area (Å²) in [7, 11) is 0. The molecule has 24 heavy (non-hydrogen) atoms. The summed E-state index contributed by atoms with van der Waals surface area (Å²) in [5.41, 5.74) is -0.190. The number of hydrogen-bond acceptors (Lipinski definition) is 3. The van der Waals surface area contributed by atoms with Gasteiger partial charge < -0.3 is 15.1 Å². The van der Waals surface area contributed by atoms with Crippen molar-refractivity contribution in [2.24, 2.45) is 0 Å². The van der Waals surface area contributed by atoms with Crippen molar-refractivity contribution in [1.29, 1.82) is 0 Å². The smallest absolute Gasteiger partial charge is 0.368 e. The fraction of sp³-hybridized carbons (Fsp3) is 0.500. The van der Waals surface area contributed by atoms with Crippen LogP contribution in [0.1, 0.15) is 19.4 Å². The minimum absolute atomic E-state index is 0.186.